The molecule has 0 aliphatic carbocycles. The van der Waals surface area contributed by atoms with Crippen molar-refractivity contribution in [3.05, 3.63) is 24.0 Å². The number of hydrogen-bond donors (Lipinski definition) is 3. The van der Waals surface area contributed by atoms with Crippen molar-refractivity contribution in [3.63, 3.8) is 0 Å². The van der Waals surface area contributed by atoms with Gasteiger partial charge in [-0.05, 0) is 31.4 Å². The summed E-state index contributed by atoms with van der Waals surface area (Å²) in [6.07, 6.45) is 2.82. The summed E-state index contributed by atoms with van der Waals surface area (Å²) in [5, 5.41) is 8.75. The number of carbonyl (C=O) groups excluding carboxylic acids is 1. The number of nitrogens with two attached hydrogens (primary N) is 1. The summed E-state index contributed by atoms with van der Waals surface area (Å²) >= 11 is 2.77. The van der Waals surface area contributed by atoms with Gasteiger partial charge in [0.15, 0.2) is 5.90 Å². The highest BCUT2D eigenvalue weighted by atomic mass is 32.2. The van der Waals surface area contributed by atoms with E-state index < -0.39 is 11.7 Å². The van der Waals surface area contributed by atoms with Crippen LogP contribution in [-0.4, -0.2) is 64.8 Å². The second kappa shape index (κ2) is 11.5. The standard InChI is InChI=1S/C22H32FN5O3S2/c1-12(2)33-22(29)28-14-7-16(8-15(28)11-30-10-14)31-20(24)13(3)21(27-25)26-19-6-5-17(32-4)9-18(19)23/h5-6,9,12-16,24H,7-8,10-11,25H2,1-4H3,(H,26,27). The first-order chi connectivity index (χ1) is 15.7. The Bertz CT molecular complexity index is 887. The number of morpholine rings is 1. The second-order valence-corrected chi connectivity index (χ2v) is 10.8. The van der Waals surface area contributed by atoms with Gasteiger partial charge in [0.05, 0.1) is 31.2 Å². The Morgan fingerprint density at radius 3 is 2.55 bits per heavy atom. The van der Waals surface area contributed by atoms with E-state index in [0.717, 1.165) is 4.90 Å². The Hall–Kier alpha value is -1.82. The molecule has 1 aromatic carbocycles. The second-order valence-electron chi connectivity index (χ2n) is 8.44. The summed E-state index contributed by atoms with van der Waals surface area (Å²) in [4.78, 5) is 19.7. The predicted octanol–water partition coefficient (Wildman–Crippen LogP) is 4.16. The van der Waals surface area contributed by atoms with Gasteiger partial charge in [-0.25, -0.2) is 15.2 Å². The van der Waals surface area contributed by atoms with Gasteiger partial charge < -0.3 is 19.8 Å². The predicted molar refractivity (Wildman–Crippen MR) is 132 cm³/mol. The molecule has 2 bridgehead atoms. The van der Waals surface area contributed by atoms with E-state index in [2.05, 4.69) is 10.4 Å². The largest absolute Gasteiger partial charge is 0.477 e. The number of carbonyl (C=O) groups is 1. The molecule has 1 aromatic rings. The molecule has 3 atom stereocenters. The van der Waals surface area contributed by atoms with Crippen molar-refractivity contribution in [1.82, 2.24) is 10.3 Å². The first kappa shape index (κ1) is 25.8. The number of nitrogens with zero attached hydrogens (tertiary/aromatic N) is 2. The molecule has 3 rings (SSSR count). The first-order valence-corrected chi connectivity index (χ1v) is 13.0. The highest BCUT2D eigenvalue weighted by Crippen LogP contribution is 2.33. The zero-order valence-electron chi connectivity index (χ0n) is 19.3. The van der Waals surface area contributed by atoms with E-state index in [1.54, 1.807) is 19.1 Å². The minimum absolute atomic E-state index is 0.00633. The van der Waals surface area contributed by atoms with Crippen molar-refractivity contribution in [1.29, 1.82) is 5.41 Å². The molecule has 11 heteroatoms. The van der Waals surface area contributed by atoms with Crippen molar-refractivity contribution in [3.8, 4) is 0 Å². The smallest absolute Gasteiger partial charge is 0.282 e. The number of amidine groups is 1. The molecule has 2 aliphatic heterocycles. The zero-order chi connectivity index (χ0) is 24.1. The van der Waals surface area contributed by atoms with Gasteiger partial charge >= 0.3 is 0 Å². The van der Waals surface area contributed by atoms with E-state index >= 15 is 0 Å². The Morgan fingerprint density at radius 2 is 2.00 bits per heavy atom. The normalized spacial score (nSPS) is 23.9. The molecule has 0 aromatic heterocycles. The highest BCUT2D eigenvalue weighted by Gasteiger charge is 2.43. The number of aliphatic imine (C=N–C) groups is 1. The molecule has 1 amide bonds. The number of piperidine rings is 1. The maximum absolute atomic E-state index is 14.4. The summed E-state index contributed by atoms with van der Waals surface area (Å²) in [5.74, 6) is 4.82. The van der Waals surface area contributed by atoms with Crippen LogP contribution in [0, 0.1) is 17.1 Å². The Kier molecular flexibility index (Phi) is 9.02. The van der Waals surface area contributed by atoms with Crippen LogP contribution in [0.4, 0.5) is 14.9 Å². The van der Waals surface area contributed by atoms with Gasteiger partial charge in [0.1, 0.15) is 23.4 Å². The lowest BCUT2D eigenvalue weighted by Crippen LogP contribution is -2.60. The van der Waals surface area contributed by atoms with Gasteiger partial charge in [-0.2, -0.15) is 0 Å². The number of ether oxygens (including phenoxy) is 2. The van der Waals surface area contributed by atoms with Gasteiger partial charge in [-0.15, -0.1) is 11.8 Å². The van der Waals surface area contributed by atoms with Crippen molar-refractivity contribution in [2.75, 3.05) is 19.5 Å². The van der Waals surface area contributed by atoms with Crippen LogP contribution in [0.25, 0.3) is 0 Å². The third kappa shape index (κ3) is 6.40. The molecule has 33 heavy (non-hydrogen) atoms. The number of thioether (sulfide) groups is 2. The molecule has 0 spiro atoms. The first-order valence-electron chi connectivity index (χ1n) is 10.9. The van der Waals surface area contributed by atoms with Crippen LogP contribution in [0.1, 0.15) is 33.6 Å². The SMILES string of the molecule is CSc1ccc(N=C(NN)C(C)C(=N)OC2CC3COCC(C2)N3C(=O)SC(C)C)c(F)c1. The number of hydrogen-bond acceptors (Lipinski definition) is 8. The van der Waals surface area contributed by atoms with Crippen LogP contribution in [0.3, 0.4) is 0 Å². The molecule has 2 fully saturated rings. The maximum Gasteiger partial charge on any atom is 0.282 e. The number of benzene rings is 1. The number of nitrogens with one attached hydrogen (secondary N) is 2. The Morgan fingerprint density at radius 1 is 1.33 bits per heavy atom. The summed E-state index contributed by atoms with van der Waals surface area (Å²) in [7, 11) is 0. The minimum Gasteiger partial charge on any atom is -0.477 e. The zero-order valence-corrected chi connectivity index (χ0v) is 21.0. The minimum atomic E-state index is -0.595. The van der Waals surface area contributed by atoms with Gasteiger partial charge in [0.2, 0.25) is 0 Å². The van der Waals surface area contributed by atoms with E-state index in [9.17, 15) is 9.18 Å². The number of rotatable bonds is 6. The molecule has 2 heterocycles. The Labute approximate surface area is 202 Å². The van der Waals surface area contributed by atoms with E-state index in [1.165, 1.54) is 29.6 Å². The molecule has 8 nitrogen and oxygen atoms in total. The fourth-order valence-electron chi connectivity index (χ4n) is 4.02. The number of hydrazine groups is 1. The van der Waals surface area contributed by atoms with Gasteiger partial charge in [0, 0.05) is 23.0 Å². The number of amides is 1. The molecule has 182 valence electrons. The van der Waals surface area contributed by atoms with E-state index in [-0.39, 0.29) is 46.1 Å². The van der Waals surface area contributed by atoms with Crippen molar-refractivity contribution >= 4 is 46.2 Å². The Balaban J connectivity index is 1.66. The molecule has 3 unspecified atom stereocenters. The van der Waals surface area contributed by atoms with Gasteiger partial charge in [0.25, 0.3) is 5.24 Å². The van der Waals surface area contributed by atoms with Crippen molar-refractivity contribution < 1.29 is 18.7 Å². The highest BCUT2D eigenvalue weighted by molar-refractivity contribution is 8.14. The molecule has 2 saturated heterocycles. The third-order valence-corrected chi connectivity index (χ3v) is 7.27. The molecular formula is C22H32FN5O3S2. The van der Waals surface area contributed by atoms with Crippen LogP contribution >= 0.6 is 23.5 Å². The lowest BCUT2D eigenvalue weighted by molar-refractivity contribution is -0.0762. The van der Waals surface area contributed by atoms with Crippen molar-refractivity contribution in [2.45, 2.75) is 61.9 Å². The van der Waals surface area contributed by atoms with Crippen LogP contribution in [0.5, 0.6) is 0 Å². The average Bonchev–Trinajstić information content (AvgIpc) is 2.76. The lowest BCUT2D eigenvalue weighted by Gasteiger charge is -2.48. The van der Waals surface area contributed by atoms with Crippen LogP contribution in [0.15, 0.2) is 28.1 Å². The summed E-state index contributed by atoms with van der Waals surface area (Å²) in [6, 6.07) is 4.63. The van der Waals surface area contributed by atoms with Crippen LogP contribution < -0.4 is 11.3 Å². The molecule has 0 saturated carbocycles. The molecule has 0 radical (unpaired) electrons. The summed E-state index contributed by atoms with van der Waals surface area (Å²) in [6.45, 7) is 6.66. The maximum atomic E-state index is 14.4. The monoisotopic (exact) mass is 497 g/mol. The molecular weight excluding hydrogens is 465 g/mol. The number of halogens is 1. The lowest BCUT2D eigenvalue weighted by atomic mass is 9.92. The van der Waals surface area contributed by atoms with E-state index in [4.69, 9.17) is 20.7 Å². The molecule has 4 N–H and O–H groups in total. The number of fused-ring (bicyclic) bond motifs is 2. The molecule has 2 aliphatic rings. The fraction of sp³-hybridized carbons (Fsp3) is 0.591. The van der Waals surface area contributed by atoms with E-state index in [0.29, 0.717) is 26.1 Å². The summed E-state index contributed by atoms with van der Waals surface area (Å²) in [5.41, 5.74) is 2.63. The van der Waals surface area contributed by atoms with Crippen molar-refractivity contribution in [2.24, 2.45) is 16.8 Å². The average molecular weight is 498 g/mol. The van der Waals surface area contributed by atoms with Gasteiger partial charge in [-0.1, -0.05) is 25.6 Å². The van der Waals surface area contributed by atoms with Crippen LogP contribution in [0.2, 0.25) is 0 Å². The summed E-state index contributed by atoms with van der Waals surface area (Å²) < 4.78 is 26.0. The van der Waals surface area contributed by atoms with Crippen LogP contribution in [-0.2, 0) is 9.47 Å². The third-order valence-electron chi connectivity index (χ3n) is 5.67. The van der Waals surface area contributed by atoms with E-state index in [1.807, 2.05) is 25.0 Å². The topological polar surface area (TPSA) is 113 Å². The fourth-order valence-corrected chi connectivity index (χ4v) is 5.27. The quantitative estimate of drug-likeness (QED) is 0.178. The van der Waals surface area contributed by atoms with Gasteiger partial charge in [-0.3, -0.25) is 10.2 Å².